The van der Waals surface area contributed by atoms with E-state index in [9.17, 15) is 22.4 Å². The summed E-state index contributed by atoms with van der Waals surface area (Å²) in [6.07, 6.45) is -4.42. The Kier molecular flexibility index (Phi) is 6.71. The van der Waals surface area contributed by atoms with Gasteiger partial charge in [-0.3, -0.25) is 0 Å². The van der Waals surface area contributed by atoms with E-state index in [1.165, 1.54) is 24.3 Å². The van der Waals surface area contributed by atoms with E-state index in [2.05, 4.69) is 0 Å². The van der Waals surface area contributed by atoms with Gasteiger partial charge in [-0.25, -0.2) is 14.0 Å². The summed E-state index contributed by atoms with van der Waals surface area (Å²) in [6.45, 7) is 0.874. The van der Waals surface area contributed by atoms with Crippen LogP contribution in [0.5, 0.6) is 5.75 Å². The van der Waals surface area contributed by atoms with E-state index < -0.39 is 23.6 Å². The van der Waals surface area contributed by atoms with E-state index in [4.69, 9.17) is 24.8 Å². The Morgan fingerprint density at radius 3 is 2.46 bits per heavy atom. The largest absolute Gasteiger partial charge is 0.492 e. The molecule has 0 bridgehead atoms. The van der Waals surface area contributed by atoms with Crippen LogP contribution in [0.2, 0.25) is 0 Å². The van der Waals surface area contributed by atoms with Crippen molar-refractivity contribution in [2.75, 3.05) is 13.2 Å². The van der Waals surface area contributed by atoms with Crippen LogP contribution in [0, 0.1) is 5.82 Å². The standard InChI is InChI=1S/C12H12FNO3.C2HF3O2/c13-8-2-3-10-9(6-8)11(7-12(15)17-10)16-5-1-4-14;3-2(4,5)1(6)7/h2-3,6-7H,1,4-5,14H2;(H,6,7). The summed E-state index contributed by atoms with van der Waals surface area (Å²) in [6, 6.07) is 5.12. The van der Waals surface area contributed by atoms with Crippen molar-refractivity contribution in [3.05, 3.63) is 40.5 Å². The van der Waals surface area contributed by atoms with Gasteiger partial charge in [-0.15, -0.1) is 0 Å². The summed E-state index contributed by atoms with van der Waals surface area (Å²) in [4.78, 5) is 20.2. The molecule has 0 fully saturated rings. The third kappa shape index (κ3) is 5.88. The SMILES string of the molecule is NCCCOc1cc(=O)oc2ccc(F)cc12.O=C(O)C(F)(F)F. The number of ether oxygens (including phenoxy) is 1. The third-order valence-corrected chi connectivity index (χ3v) is 2.52. The Hall–Kier alpha value is -2.62. The molecule has 0 amide bonds. The van der Waals surface area contributed by atoms with Gasteiger partial charge < -0.3 is 20.0 Å². The minimum absolute atomic E-state index is 0.307. The summed E-state index contributed by atoms with van der Waals surface area (Å²) in [5.74, 6) is -2.84. The van der Waals surface area contributed by atoms with E-state index in [1.54, 1.807) is 0 Å². The van der Waals surface area contributed by atoms with Gasteiger partial charge in [0.2, 0.25) is 0 Å². The first-order valence-corrected chi connectivity index (χ1v) is 6.51. The first-order valence-electron chi connectivity index (χ1n) is 6.51. The van der Waals surface area contributed by atoms with Gasteiger partial charge in [-0.1, -0.05) is 0 Å². The van der Waals surface area contributed by atoms with Crippen molar-refractivity contribution >= 4 is 16.9 Å². The Balaban J connectivity index is 0.000000351. The second kappa shape index (κ2) is 8.29. The van der Waals surface area contributed by atoms with Crippen LogP contribution >= 0.6 is 0 Å². The van der Waals surface area contributed by atoms with Crippen molar-refractivity contribution in [3.63, 3.8) is 0 Å². The van der Waals surface area contributed by atoms with Crippen molar-refractivity contribution in [3.8, 4) is 5.75 Å². The van der Waals surface area contributed by atoms with E-state index >= 15 is 0 Å². The predicted molar refractivity (Wildman–Crippen MR) is 75.3 cm³/mol. The number of hydrogen-bond acceptors (Lipinski definition) is 5. The second-order valence-electron chi connectivity index (χ2n) is 4.36. The molecule has 6 nitrogen and oxygen atoms in total. The molecule has 0 saturated heterocycles. The van der Waals surface area contributed by atoms with Gasteiger partial charge in [0.15, 0.2) is 0 Å². The fourth-order valence-corrected chi connectivity index (χ4v) is 1.49. The number of aliphatic carboxylic acids is 1. The Morgan fingerprint density at radius 2 is 1.92 bits per heavy atom. The minimum Gasteiger partial charge on any atom is -0.492 e. The zero-order valence-corrected chi connectivity index (χ0v) is 12.1. The molecular formula is C14H13F4NO5. The summed E-state index contributed by atoms with van der Waals surface area (Å²) in [5, 5.41) is 7.57. The molecule has 2 rings (SSSR count). The number of benzene rings is 1. The lowest BCUT2D eigenvalue weighted by Crippen LogP contribution is -2.21. The van der Waals surface area contributed by atoms with Gasteiger partial charge >= 0.3 is 17.8 Å². The topological polar surface area (TPSA) is 103 Å². The molecule has 0 aliphatic rings. The van der Waals surface area contributed by atoms with Gasteiger partial charge in [0.1, 0.15) is 17.1 Å². The number of alkyl halides is 3. The highest BCUT2D eigenvalue weighted by atomic mass is 19.4. The first-order chi connectivity index (χ1) is 11.1. The van der Waals surface area contributed by atoms with E-state index in [1.807, 2.05) is 0 Å². The number of carbonyl (C=O) groups is 1. The van der Waals surface area contributed by atoms with Crippen LogP contribution in [0.1, 0.15) is 6.42 Å². The molecule has 0 radical (unpaired) electrons. The molecule has 1 heterocycles. The number of nitrogens with two attached hydrogens (primary N) is 1. The van der Waals surface area contributed by atoms with Crippen LogP contribution < -0.4 is 16.1 Å². The molecule has 132 valence electrons. The van der Waals surface area contributed by atoms with Crippen molar-refractivity contribution in [2.45, 2.75) is 12.6 Å². The van der Waals surface area contributed by atoms with Crippen molar-refractivity contribution < 1.29 is 36.6 Å². The van der Waals surface area contributed by atoms with E-state index in [0.29, 0.717) is 36.3 Å². The average molecular weight is 351 g/mol. The minimum atomic E-state index is -5.08. The van der Waals surface area contributed by atoms with Gasteiger partial charge in [-0.05, 0) is 31.2 Å². The van der Waals surface area contributed by atoms with Gasteiger partial charge in [0.05, 0.1) is 18.1 Å². The van der Waals surface area contributed by atoms with Crippen LogP contribution in [0.3, 0.4) is 0 Å². The van der Waals surface area contributed by atoms with Crippen molar-refractivity contribution in [1.29, 1.82) is 0 Å². The van der Waals surface area contributed by atoms with E-state index in [0.717, 1.165) is 0 Å². The quantitative estimate of drug-likeness (QED) is 0.498. The number of hydrogen-bond donors (Lipinski definition) is 2. The molecule has 3 N–H and O–H groups in total. The Bertz CT molecular complexity index is 757. The zero-order chi connectivity index (χ0) is 18.3. The van der Waals surface area contributed by atoms with Crippen LogP contribution in [-0.2, 0) is 4.79 Å². The molecule has 0 aliphatic carbocycles. The maximum absolute atomic E-state index is 13.1. The molecule has 1 aromatic heterocycles. The molecule has 1 aromatic carbocycles. The Morgan fingerprint density at radius 1 is 1.29 bits per heavy atom. The fourth-order valence-electron chi connectivity index (χ4n) is 1.49. The van der Waals surface area contributed by atoms with Crippen molar-refractivity contribution in [1.82, 2.24) is 0 Å². The predicted octanol–water partition coefficient (Wildman–Crippen LogP) is 2.29. The number of halogens is 4. The van der Waals surface area contributed by atoms with Crippen LogP contribution in [0.25, 0.3) is 11.0 Å². The van der Waals surface area contributed by atoms with Crippen LogP contribution in [0.15, 0.2) is 33.5 Å². The molecular weight excluding hydrogens is 338 g/mol. The maximum atomic E-state index is 13.1. The lowest BCUT2D eigenvalue weighted by molar-refractivity contribution is -0.192. The highest BCUT2D eigenvalue weighted by molar-refractivity contribution is 5.83. The number of carboxylic acids is 1. The molecule has 10 heteroatoms. The second-order valence-corrected chi connectivity index (χ2v) is 4.36. The lowest BCUT2D eigenvalue weighted by Gasteiger charge is -2.07. The van der Waals surface area contributed by atoms with Crippen LogP contribution in [0.4, 0.5) is 17.6 Å². The molecule has 0 atom stereocenters. The molecule has 0 unspecified atom stereocenters. The van der Waals surface area contributed by atoms with Gasteiger partial charge in [-0.2, -0.15) is 13.2 Å². The Labute approximate surface area is 132 Å². The van der Waals surface area contributed by atoms with Gasteiger partial charge in [0, 0.05) is 0 Å². The highest BCUT2D eigenvalue weighted by Gasteiger charge is 2.38. The van der Waals surface area contributed by atoms with Crippen LogP contribution in [-0.4, -0.2) is 30.4 Å². The fraction of sp³-hybridized carbons (Fsp3) is 0.286. The number of rotatable bonds is 4. The normalized spacial score (nSPS) is 10.9. The average Bonchev–Trinajstić information content (AvgIpc) is 2.47. The third-order valence-electron chi connectivity index (χ3n) is 2.52. The summed E-state index contributed by atoms with van der Waals surface area (Å²) in [7, 11) is 0. The molecule has 2 aromatic rings. The van der Waals surface area contributed by atoms with E-state index in [-0.39, 0.29) is 0 Å². The molecule has 24 heavy (non-hydrogen) atoms. The lowest BCUT2D eigenvalue weighted by atomic mass is 10.2. The number of fused-ring (bicyclic) bond motifs is 1. The van der Waals surface area contributed by atoms with Crippen molar-refractivity contribution in [2.24, 2.45) is 5.73 Å². The smallest absolute Gasteiger partial charge is 0.490 e. The summed E-state index contributed by atoms with van der Waals surface area (Å²) < 4.78 is 55.2. The monoisotopic (exact) mass is 351 g/mol. The summed E-state index contributed by atoms with van der Waals surface area (Å²) >= 11 is 0. The first kappa shape index (κ1) is 19.4. The van der Waals surface area contributed by atoms with Gasteiger partial charge in [0.25, 0.3) is 0 Å². The molecule has 0 aliphatic heterocycles. The number of carboxylic acid groups (broad SMARTS) is 1. The summed E-state index contributed by atoms with van der Waals surface area (Å²) in [5.41, 5.74) is 5.12. The zero-order valence-electron chi connectivity index (χ0n) is 12.1. The molecule has 0 saturated carbocycles. The highest BCUT2D eigenvalue weighted by Crippen LogP contribution is 2.24. The maximum Gasteiger partial charge on any atom is 0.490 e. The molecule has 0 spiro atoms.